The van der Waals surface area contributed by atoms with Crippen LogP contribution in [0.3, 0.4) is 0 Å². The van der Waals surface area contributed by atoms with Crippen LogP contribution < -0.4 is 4.74 Å². The molecular weight excluding hydrogens is 314 g/mol. The molecule has 0 saturated heterocycles. The van der Waals surface area contributed by atoms with Gasteiger partial charge in [-0.3, -0.25) is 4.55 Å². The van der Waals surface area contributed by atoms with E-state index in [4.69, 9.17) is 18.4 Å². The Kier molecular flexibility index (Phi) is 1.99. The number of halogens is 2. The van der Waals surface area contributed by atoms with Crippen LogP contribution in [0.1, 0.15) is 15.9 Å². The van der Waals surface area contributed by atoms with Gasteiger partial charge in [0.15, 0.2) is 11.3 Å². The standard InChI is InChI=1S/C11H4F2O7S/c12-11(13,21(15,16)17)6-2-4(18-6)7-3-1-5-9(19-3)8(7)10(14)20-5/h1-2,6H,(H,15,16,17). The van der Waals surface area contributed by atoms with Crippen LogP contribution in [0.25, 0.3) is 16.9 Å². The van der Waals surface area contributed by atoms with Gasteiger partial charge in [0, 0.05) is 12.1 Å². The van der Waals surface area contributed by atoms with E-state index in [1.165, 1.54) is 6.07 Å². The monoisotopic (exact) mass is 318 g/mol. The summed E-state index contributed by atoms with van der Waals surface area (Å²) in [5, 5.41) is -4.48. The van der Waals surface area contributed by atoms with E-state index in [2.05, 4.69) is 0 Å². The zero-order valence-electron chi connectivity index (χ0n) is 9.79. The Morgan fingerprint density at radius 1 is 1.29 bits per heavy atom. The molecule has 2 aromatic rings. The van der Waals surface area contributed by atoms with Crippen molar-refractivity contribution in [3.05, 3.63) is 23.3 Å². The maximum Gasteiger partial charge on any atom is 0.409 e. The van der Waals surface area contributed by atoms with E-state index in [0.717, 1.165) is 6.08 Å². The van der Waals surface area contributed by atoms with Gasteiger partial charge in [0.2, 0.25) is 6.10 Å². The molecule has 0 fully saturated rings. The molecule has 4 rings (SSSR count). The molecule has 1 unspecified atom stereocenters. The number of carbonyl (C=O) groups is 1. The molecule has 4 heterocycles. The zero-order valence-corrected chi connectivity index (χ0v) is 10.6. The van der Waals surface area contributed by atoms with E-state index in [1.807, 2.05) is 0 Å². The lowest BCUT2D eigenvalue weighted by molar-refractivity contribution is -0.0390. The van der Waals surface area contributed by atoms with Crippen LogP contribution in [0.5, 0.6) is 5.75 Å². The molecule has 2 aliphatic rings. The smallest absolute Gasteiger partial charge is 0.409 e. The number of rotatable bonds is 3. The van der Waals surface area contributed by atoms with E-state index >= 15 is 0 Å². The predicted octanol–water partition coefficient (Wildman–Crippen LogP) is 1.62. The molecule has 0 radical (unpaired) electrons. The molecule has 7 nitrogen and oxygen atoms in total. The predicted molar refractivity (Wildman–Crippen MR) is 61.7 cm³/mol. The fraction of sp³-hybridized carbons (Fsp3) is 0.182. The topological polar surface area (TPSA) is 103 Å². The highest BCUT2D eigenvalue weighted by Gasteiger charge is 2.56. The number of fused-ring (bicyclic) bond motifs is 1. The van der Waals surface area contributed by atoms with Gasteiger partial charge in [-0.15, -0.1) is 0 Å². The molecule has 2 aromatic heterocycles. The van der Waals surface area contributed by atoms with Gasteiger partial charge in [0.1, 0.15) is 16.9 Å². The molecule has 0 amide bonds. The number of hydrogen-bond donors (Lipinski definition) is 1. The summed E-state index contributed by atoms with van der Waals surface area (Å²) in [6.07, 6.45) is -1.34. The molecule has 110 valence electrons. The van der Waals surface area contributed by atoms with Crippen LogP contribution in [-0.4, -0.2) is 30.3 Å². The first-order chi connectivity index (χ1) is 9.70. The Bertz CT molecular complexity index is 924. The molecule has 10 heteroatoms. The highest BCUT2D eigenvalue weighted by molar-refractivity contribution is 7.86. The average Bonchev–Trinajstić information content (AvgIpc) is 2.86. The molecule has 1 N–H and O–H groups in total. The van der Waals surface area contributed by atoms with Gasteiger partial charge in [0.05, 0.1) is 5.56 Å². The Balaban J connectivity index is 1.75. The van der Waals surface area contributed by atoms with Gasteiger partial charge < -0.3 is 13.9 Å². The van der Waals surface area contributed by atoms with Crippen molar-refractivity contribution in [2.45, 2.75) is 11.4 Å². The van der Waals surface area contributed by atoms with Crippen LogP contribution in [0, 0.1) is 0 Å². The summed E-state index contributed by atoms with van der Waals surface area (Å²) < 4.78 is 71.1. The Hall–Kier alpha value is -2.20. The summed E-state index contributed by atoms with van der Waals surface area (Å²) in [5.41, 5.74) is 0.598. The van der Waals surface area contributed by atoms with Crippen molar-refractivity contribution >= 4 is 33.0 Å². The van der Waals surface area contributed by atoms with Crippen LogP contribution >= 0.6 is 0 Å². The van der Waals surface area contributed by atoms with Crippen LogP contribution in [0.15, 0.2) is 16.6 Å². The van der Waals surface area contributed by atoms with Gasteiger partial charge in [-0.05, 0) is 0 Å². The lowest BCUT2D eigenvalue weighted by Gasteiger charge is -2.31. The van der Waals surface area contributed by atoms with Crippen molar-refractivity contribution in [3.8, 4) is 5.75 Å². The van der Waals surface area contributed by atoms with E-state index in [0.29, 0.717) is 0 Å². The minimum absolute atomic E-state index is 0.0578. The van der Waals surface area contributed by atoms with Crippen molar-refractivity contribution in [3.63, 3.8) is 0 Å². The van der Waals surface area contributed by atoms with Crippen LogP contribution in [0.4, 0.5) is 8.78 Å². The third kappa shape index (κ3) is 1.38. The molecule has 1 atom stereocenters. The number of furan rings is 2. The molecule has 2 aliphatic heterocycles. The molecule has 0 aliphatic carbocycles. The highest BCUT2D eigenvalue weighted by Crippen LogP contribution is 2.49. The molecule has 0 saturated carbocycles. The third-order valence-electron chi connectivity index (χ3n) is 3.31. The second kappa shape index (κ2) is 3.34. The first kappa shape index (κ1) is 12.5. The van der Waals surface area contributed by atoms with E-state index < -0.39 is 27.4 Å². The number of benzene rings is 1. The van der Waals surface area contributed by atoms with E-state index in [1.54, 1.807) is 0 Å². The zero-order chi connectivity index (χ0) is 15.2. The van der Waals surface area contributed by atoms with Gasteiger partial charge in [-0.25, -0.2) is 4.79 Å². The number of alkyl halides is 2. The quantitative estimate of drug-likeness (QED) is 0.677. The van der Waals surface area contributed by atoms with E-state index in [9.17, 15) is 22.0 Å². The first-order valence-electron chi connectivity index (χ1n) is 5.55. The largest absolute Gasteiger partial charge is 0.478 e. The summed E-state index contributed by atoms with van der Waals surface area (Å²) in [5.74, 6) is -0.584. The van der Waals surface area contributed by atoms with Gasteiger partial charge in [-0.2, -0.15) is 17.2 Å². The number of hydrogen-bond acceptors (Lipinski definition) is 6. The number of ether oxygens (including phenoxy) is 2. The minimum atomic E-state index is -5.61. The summed E-state index contributed by atoms with van der Waals surface area (Å²) in [6, 6.07) is 1.40. The molecule has 0 spiro atoms. The van der Waals surface area contributed by atoms with Gasteiger partial charge in [-0.1, -0.05) is 0 Å². The number of carbonyl (C=O) groups excluding carboxylic acids is 1. The van der Waals surface area contributed by atoms with Gasteiger partial charge in [0.25, 0.3) is 0 Å². The lowest BCUT2D eigenvalue weighted by atomic mass is 10.0. The minimum Gasteiger partial charge on any atom is -0.478 e. The second-order valence-electron chi connectivity index (χ2n) is 4.55. The Morgan fingerprint density at radius 2 is 1.95 bits per heavy atom. The lowest BCUT2D eigenvalue weighted by Crippen LogP contribution is -2.45. The Labute approximate surface area is 114 Å². The van der Waals surface area contributed by atoms with Crippen LogP contribution in [-0.2, 0) is 14.9 Å². The maximum absolute atomic E-state index is 13.3. The van der Waals surface area contributed by atoms with Crippen molar-refractivity contribution in [2.75, 3.05) is 0 Å². The fourth-order valence-electron chi connectivity index (χ4n) is 2.30. The van der Waals surface area contributed by atoms with Crippen molar-refractivity contribution < 1.29 is 40.4 Å². The summed E-state index contributed by atoms with van der Waals surface area (Å²) in [7, 11) is -5.61. The van der Waals surface area contributed by atoms with Crippen molar-refractivity contribution in [2.24, 2.45) is 0 Å². The van der Waals surface area contributed by atoms with Gasteiger partial charge >= 0.3 is 21.3 Å². The second-order valence-corrected chi connectivity index (χ2v) is 6.04. The van der Waals surface area contributed by atoms with Crippen molar-refractivity contribution in [1.29, 1.82) is 0 Å². The Morgan fingerprint density at radius 3 is 2.57 bits per heavy atom. The van der Waals surface area contributed by atoms with Crippen LogP contribution in [0.2, 0.25) is 0 Å². The summed E-state index contributed by atoms with van der Waals surface area (Å²) >= 11 is 0. The molecule has 21 heavy (non-hydrogen) atoms. The first-order valence-corrected chi connectivity index (χ1v) is 6.99. The third-order valence-corrected chi connectivity index (χ3v) is 4.23. The van der Waals surface area contributed by atoms with E-state index in [-0.39, 0.29) is 33.8 Å². The van der Waals surface area contributed by atoms with Crippen molar-refractivity contribution in [1.82, 2.24) is 0 Å². The fourth-order valence-corrected chi connectivity index (χ4v) is 2.71. The SMILES string of the molecule is O=C1Oc2cc3oc2c1c3C1=CC(C(F)(F)S(=O)(=O)O)O1. The summed E-state index contributed by atoms with van der Waals surface area (Å²) in [6.45, 7) is 0. The molecule has 2 bridgehead atoms. The normalized spacial score (nSPS) is 21.2. The molecular formula is C11H4F2O7S. The number of esters is 1. The summed E-state index contributed by atoms with van der Waals surface area (Å²) in [4.78, 5) is 11.6. The molecule has 0 aromatic carbocycles. The average molecular weight is 318 g/mol. The maximum atomic E-state index is 13.3. The highest BCUT2D eigenvalue weighted by atomic mass is 32.2.